The predicted molar refractivity (Wildman–Crippen MR) is 67.0 cm³/mol. The number of hydrogen-bond donors (Lipinski definition) is 2. The summed E-state index contributed by atoms with van der Waals surface area (Å²) < 4.78 is 0. The van der Waals surface area contributed by atoms with Crippen LogP contribution in [0.15, 0.2) is 18.2 Å². The lowest BCUT2D eigenvalue weighted by Gasteiger charge is -2.04. The molecular weight excluding hydrogens is 218 g/mol. The first-order chi connectivity index (χ1) is 7.99. The molecule has 2 rings (SSSR count). The van der Waals surface area contributed by atoms with Gasteiger partial charge in [-0.2, -0.15) is 0 Å². The van der Waals surface area contributed by atoms with E-state index in [0.29, 0.717) is 6.42 Å². The van der Waals surface area contributed by atoms with Gasteiger partial charge in [-0.15, -0.1) is 0 Å². The van der Waals surface area contributed by atoms with Crippen LogP contribution >= 0.6 is 0 Å². The fourth-order valence-electron chi connectivity index (χ4n) is 2.07. The zero-order valence-electron chi connectivity index (χ0n) is 9.86. The van der Waals surface area contributed by atoms with E-state index in [4.69, 9.17) is 5.73 Å². The van der Waals surface area contributed by atoms with Crippen LogP contribution in [0.2, 0.25) is 0 Å². The lowest BCUT2D eigenvalue weighted by atomic mass is 10.0. The summed E-state index contributed by atoms with van der Waals surface area (Å²) in [6.45, 7) is 3.89. The molecule has 1 aromatic heterocycles. The number of nitrogens with one attached hydrogen (secondary N) is 1. The van der Waals surface area contributed by atoms with Crippen LogP contribution in [0.4, 0.5) is 5.69 Å². The number of aromatic nitrogens is 1. The van der Waals surface area contributed by atoms with Gasteiger partial charge in [0.05, 0.1) is 4.92 Å². The lowest BCUT2D eigenvalue weighted by Crippen LogP contribution is -2.18. The normalized spacial score (nSPS) is 12.9. The first kappa shape index (κ1) is 11.6. The summed E-state index contributed by atoms with van der Waals surface area (Å²) in [5, 5.41) is 11.7. The van der Waals surface area contributed by atoms with Crippen molar-refractivity contribution >= 4 is 16.6 Å². The quantitative estimate of drug-likeness (QED) is 0.630. The molecule has 0 aliphatic rings. The van der Waals surface area contributed by atoms with E-state index in [9.17, 15) is 10.1 Å². The molecule has 0 aliphatic carbocycles. The first-order valence-corrected chi connectivity index (χ1v) is 5.50. The second kappa shape index (κ2) is 4.18. The minimum absolute atomic E-state index is 0.0342. The summed E-state index contributed by atoms with van der Waals surface area (Å²) in [5.41, 5.74) is 8.92. The minimum atomic E-state index is -0.378. The van der Waals surface area contributed by atoms with Crippen LogP contribution < -0.4 is 5.73 Å². The number of nitrogens with zero attached hydrogens (tertiary/aromatic N) is 1. The summed E-state index contributed by atoms with van der Waals surface area (Å²) in [6, 6.07) is 4.89. The van der Waals surface area contributed by atoms with E-state index in [1.54, 1.807) is 12.1 Å². The number of aromatic amines is 1. The summed E-state index contributed by atoms with van der Waals surface area (Å²) >= 11 is 0. The van der Waals surface area contributed by atoms with Crippen molar-refractivity contribution in [2.75, 3.05) is 0 Å². The molecule has 0 aliphatic heterocycles. The van der Waals surface area contributed by atoms with Crippen molar-refractivity contribution in [1.29, 1.82) is 0 Å². The van der Waals surface area contributed by atoms with Crippen LogP contribution in [0.3, 0.4) is 0 Å². The molecule has 0 amide bonds. The third-order valence-corrected chi connectivity index (χ3v) is 2.84. The number of benzene rings is 1. The van der Waals surface area contributed by atoms with Crippen molar-refractivity contribution in [2.45, 2.75) is 26.3 Å². The molecule has 0 saturated heterocycles. The Morgan fingerprint density at radius 2 is 2.24 bits per heavy atom. The van der Waals surface area contributed by atoms with Gasteiger partial charge in [0, 0.05) is 34.8 Å². The number of fused-ring (bicyclic) bond motifs is 1. The molecule has 0 saturated carbocycles. The van der Waals surface area contributed by atoms with Gasteiger partial charge in [-0.1, -0.05) is 0 Å². The fourth-order valence-corrected chi connectivity index (χ4v) is 2.07. The third kappa shape index (κ3) is 2.14. The fraction of sp³-hybridized carbons (Fsp3) is 0.333. The van der Waals surface area contributed by atoms with Crippen molar-refractivity contribution in [3.05, 3.63) is 39.6 Å². The van der Waals surface area contributed by atoms with Crippen molar-refractivity contribution in [3.8, 4) is 0 Å². The van der Waals surface area contributed by atoms with Crippen LogP contribution in [-0.4, -0.2) is 15.9 Å². The van der Waals surface area contributed by atoms with E-state index in [1.807, 2.05) is 13.8 Å². The largest absolute Gasteiger partial charge is 0.358 e. The Labute approximate surface area is 98.8 Å². The SMILES string of the molecule is Cc1[nH]c2ccc([N+](=O)[O-])cc2c1CC(C)N. The maximum Gasteiger partial charge on any atom is 0.270 e. The zero-order valence-corrected chi connectivity index (χ0v) is 9.86. The maximum atomic E-state index is 10.8. The van der Waals surface area contributed by atoms with Crippen LogP contribution in [0, 0.1) is 17.0 Å². The van der Waals surface area contributed by atoms with Gasteiger partial charge in [0.15, 0.2) is 0 Å². The number of aryl methyl sites for hydroxylation is 1. The molecular formula is C12H15N3O2. The first-order valence-electron chi connectivity index (χ1n) is 5.50. The highest BCUT2D eigenvalue weighted by atomic mass is 16.6. The summed E-state index contributed by atoms with van der Waals surface area (Å²) in [5.74, 6) is 0. The number of non-ortho nitro benzene ring substituents is 1. The highest BCUT2D eigenvalue weighted by molar-refractivity contribution is 5.86. The summed E-state index contributed by atoms with van der Waals surface area (Å²) in [7, 11) is 0. The second-order valence-corrected chi connectivity index (χ2v) is 4.40. The Bertz CT molecular complexity index is 572. The topological polar surface area (TPSA) is 84.9 Å². The lowest BCUT2D eigenvalue weighted by molar-refractivity contribution is -0.384. The average Bonchev–Trinajstić information content (AvgIpc) is 2.54. The van der Waals surface area contributed by atoms with Gasteiger partial charge < -0.3 is 10.7 Å². The molecule has 1 atom stereocenters. The second-order valence-electron chi connectivity index (χ2n) is 4.40. The van der Waals surface area contributed by atoms with Crippen molar-refractivity contribution in [3.63, 3.8) is 0 Å². The monoisotopic (exact) mass is 233 g/mol. The third-order valence-electron chi connectivity index (χ3n) is 2.84. The Hall–Kier alpha value is -1.88. The molecule has 0 spiro atoms. The standard InChI is InChI=1S/C12H15N3O2/c1-7(13)5-10-8(2)14-12-4-3-9(15(16)17)6-11(10)12/h3-4,6-7,14H,5,13H2,1-2H3. The smallest absolute Gasteiger partial charge is 0.270 e. The van der Waals surface area contributed by atoms with E-state index in [-0.39, 0.29) is 16.7 Å². The number of hydrogen-bond acceptors (Lipinski definition) is 3. The highest BCUT2D eigenvalue weighted by Gasteiger charge is 2.13. The molecule has 1 unspecified atom stereocenters. The maximum absolute atomic E-state index is 10.8. The van der Waals surface area contributed by atoms with E-state index in [0.717, 1.165) is 22.2 Å². The Kier molecular flexibility index (Phi) is 2.85. The molecule has 5 heteroatoms. The van der Waals surface area contributed by atoms with Gasteiger partial charge in [-0.3, -0.25) is 10.1 Å². The van der Waals surface area contributed by atoms with Crippen LogP contribution in [0.5, 0.6) is 0 Å². The number of nitrogens with two attached hydrogens (primary N) is 1. The Morgan fingerprint density at radius 3 is 2.82 bits per heavy atom. The summed E-state index contributed by atoms with van der Waals surface area (Å²) in [4.78, 5) is 13.6. The number of nitro groups is 1. The molecule has 2 aromatic rings. The molecule has 5 nitrogen and oxygen atoms in total. The highest BCUT2D eigenvalue weighted by Crippen LogP contribution is 2.27. The number of nitro benzene ring substituents is 1. The number of rotatable bonds is 3. The van der Waals surface area contributed by atoms with Crippen LogP contribution in [0.25, 0.3) is 10.9 Å². The van der Waals surface area contributed by atoms with E-state index < -0.39 is 0 Å². The van der Waals surface area contributed by atoms with Gasteiger partial charge in [-0.05, 0) is 31.9 Å². The Morgan fingerprint density at radius 1 is 1.53 bits per heavy atom. The van der Waals surface area contributed by atoms with E-state index in [1.165, 1.54) is 6.07 Å². The van der Waals surface area contributed by atoms with E-state index >= 15 is 0 Å². The molecule has 1 heterocycles. The molecule has 0 fully saturated rings. The molecule has 0 bridgehead atoms. The zero-order chi connectivity index (χ0) is 12.6. The van der Waals surface area contributed by atoms with Crippen molar-refractivity contribution in [2.24, 2.45) is 5.73 Å². The average molecular weight is 233 g/mol. The molecule has 90 valence electrons. The van der Waals surface area contributed by atoms with Gasteiger partial charge in [0.1, 0.15) is 0 Å². The van der Waals surface area contributed by atoms with Crippen molar-refractivity contribution < 1.29 is 4.92 Å². The van der Waals surface area contributed by atoms with Gasteiger partial charge in [-0.25, -0.2) is 0 Å². The molecule has 17 heavy (non-hydrogen) atoms. The van der Waals surface area contributed by atoms with Crippen LogP contribution in [0.1, 0.15) is 18.2 Å². The minimum Gasteiger partial charge on any atom is -0.358 e. The van der Waals surface area contributed by atoms with E-state index in [2.05, 4.69) is 4.98 Å². The van der Waals surface area contributed by atoms with Gasteiger partial charge >= 0.3 is 0 Å². The predicted octanol–water partition coefficient (Wildman–Crippen LogP) is 2.27. The molecule has 1 aromatic carbocycles. The van der Waals surface area contributed by atoms with Crippen LogP contribution in [-0.2, 0) is 6.42 Å². The number of H-pyrrole nitrogens is 1. The van der Waals surface area contributed by atoms with Gasteiger partial charge in [0.25, 0.3) is 5.69 Å². The van der Waals surface area contributed by atoms with Gasteiger partial charge in [0.2, 0.25) is 0 Å². The summed E-state index contributed by atoms with van der Waals surface area (Å²) in [6.07, 6.45) is 0.715. The molecule has 3 N–H and O–H groups in total. The molecule has 0 radical (unpaired) electrons. The van der Waals surface area contributed by atoms with Crippen molar-refractivity contribution in [1.82, 2.24) is 4.98 Å². The Balaban J connectivity index is 2.60.